The second-order valence-corrected chi connectivity index (χ2v) is 6.70. The molecule has 3 rings (SSSR count). The lowest BCUT2D eigenvalue weighted by Gasteiger charge is -2.09. The smallest absolute Gasteiger partial charge is 0.180 e. The van der Waals surface area contributed by atoms with Crippen LogP contribution >= 0.6 is 23.1 Å². The molecule has 3 heterocycles. The standard InChI is InChI=1S/C13H15N5S2/c1-9(2)14-7-10-12(20-13-17-15-8-19-13)16-11-5-3-4-6-18(10)11/h3-6,8-9,14H,7H2,1-2H3. The Bertz CT molecular complexity index is 690. The van der Waals surface area contributed by atoms with Gasteiger partial charge in [0.05, 0.1) is 5.69 Å². The van der Waals surface area contributed by atoms with Gasteiger partial charge in [0.25, 0.3) is 0 Å². The molecule has 7 heteroatoms. The van der Waals surface area contributed by atoms with Crippen molar-refractivity contribution in [2.24, 2.45) is 0 Å². The van der Waals surface area contributed by atoms with Crippen LogP contribution in [0.5, 0.6) is 0 Å². The van der Waals surface area contributed by atoms with Gasteiger partial charge >= 0.3 is 0 Å². The molecular formula is C13H15N5S2. The second-order valence-electron chi connectivity index (χ2n) is 4.63. The van der Waals surface area contributed by atoms with E-state index in [2.05, 4.69) is 33.8 Å². The molecular weight excluding hydrogens is 290 g/mol. The highest BCUT2D eigenvalue weighted by Gasteiger charge is 2.14. The van der Waals surface area contributed by atoms with Gasteiger partial charge in [-0.25, -0.2) is 4.98 Å². The van der Waals surface area contributed by atoms with Gasteiger partial charge in [-0.1, -0.05) is 31.3 Å². The van der Waals surface area contributed by atoms with Gasteiger partial charge in [0, 0.05) is 18.8 Å². The average molecular weight is 305 g/mol. The molecule has 0 amide bonds. The fourth-order valence-corrected chi connectivity index (χ4v) is 3.38. The molecule has 0 atom stereocenters. The summed E-state index contributed by atoms with van der Waals surface area (Å²) in [6.07, 6.45) is 2.05. The predicted molar refractivity (Wildman–Crippen MR) is 81.2 cm³/mol. The van der Waals surface area contributed by atoms with E-state index >= 15 is 0 Å². The van der Waals surface area contributed by atoms with Crippen LogP contribution in [0.15, 0.2) is 39.3 Å². The van der Waals surface area contributed by atoms with Gasteiger partial charge < -0.3 is 9.72 Å². The minimum absolute atomic E-state index is 0.434. The third-order valence-corrected chi connectivity index (χ3v) is 4.59. The number of pyridine rings is 1. The zero-order chi connectivity index (χ0) is 13.9. The maximum atomic E-state index is 4.69. The van der Waals surface area contributed by atoms with Crippen molar-refractivity contribution >= 4 is 28.7 Å². The van der Waals surface area contributed by atoms with E-state index in [9.17, 15) is 0 Å². The van der Waals surface area contributed by atoms with E-state index in [4.69, 9.17) is 4.98 Å². The summed E-state index contributed by atoms with van der Waals surface area (Å²) >= 11 is 3.10. The quantitative estimate of drug-likeness (QED) is 0.785. The number of nitrogens with zero attached hydrogens (tertiary/aromatic N) is 4. The summed E-state index contributed by atoms with van der Waals surface area (Å²) in [6, 6.07) is 6.47. The molecule has 0 bridgehead atoms. The summed E-state index contributed by atoms with van der Waals surface area (Å²) in [4.78, 5) is 4.69. The van der Waals surface area contributed by atoms with Crippen molar-refractivity contribution < 1.29 is 0 Å². The zero-order valence-corrected chi connectivity index (χ0v) is 12.9. The molecule has 0 aromatic carbocycles. The highest BCUT2D eigenvalue weighted by Crippen LogP contribution is 2.31. The Balaban J connectivity index is 1.98. The number of rotatable bonds is 5. The van der Waals surface area contributed by atoms with Gasteiger partial charge in [0.15, 0.2) is 4.34 Å². The van der Waals surface area contributed by atoms with Crippen LogP contribution in [-0.4, -0.2) is 25.6 Å². The topological polar surface area (TPSA) is 55.1 Å². The van der Waals surface area contributed by atoms with Crippen LogP contribution in [0.4, 0.5) is 0 Å². The molecule has 3 aromatic heterocycles. The van der Waals surface area contributed by atoms with E-state index in [0.29, 0.717) is 6.04 Å². The fourth-order valence-electron chi connectivity index (χ4n) is 1.86. The number of nitrogens with one attached hydrogen (secondary N) is 1. The lowest BCUT2D eigenvalue weighted by Crippen LogP contribution is -2.22. The van der Waals surface area contributed by atoms with Crippen molar-refractivity contribution in [2.45, 2.75) is 35.8 Å². The normalized spacial score (nSPS) is 11.6. The van der Waals surface area contributed by atoms with Gasteiger partial charge in [0.2, 0.25) is 0 Å². The SMILES string of the molecule is CC(C)NCc1c(Sc2nncs2)nc2ccccn12. The van der Waals surface area contributed by atoms with E-state index < -0.39 is 0 Å². The van der Waals surface area contributed by atoms with Crippen LogP contribution in [0.25, 0.3) is 5.65 Å². The Morgan fingerprint density at radius 3 is 3.05 bits per heavy atom. The third-order valence-electron chi connectivity index (χ3n) is 2.79. The molecule has 0 aliphatic rings. The van der Waals surface area contributed by atoms with Crippen molar-refractivity contribution in [3.05, 3.63) is 35.6 Å². The van der Waals surface area contributed by atoms with Crippen molar-refractivity contribution in [2.75, 3.05) is 0 Å². The van der Waals surface area contributed by atoms with Gasteiger partial charge in [-0.15, -0.1) is 10.2 Å². The van der Waals surface area contributed by atoms with Gasteiger partial charge in [-0.2, -0.15) is 0 Å². The monoisotopic (exact) mass is 305 g/mol. The third kappa shape index (κ3) is 2.84. The first kappa shape index (κ1) is 13.5. The summed E-state index contributed by atoms with van der Waals surface area (Å²) in [5, 5.41) is 12.4. The number of imidazole rings is 1. The van der Waals surface area contributed by atoms with Crippen LogP contribution in [-0.2, 0) is 6.54 Å². The minimum atomic E-state index is 0.434. The molecule has 104 valence electrons. The van der Waals surface area contributed by atoms with Crippen LogP contribution in [0.1, 0.15) is 19.5 Å². The van der Waals surface area contributed by atoms with E-state index in [0.717, 1.165) is 27.3 Å². The number of fused-ring (bicyclic) bond motifs is 1. The van der Waals surface area contributed by atoms with Crippen LogP contribution < -0.4 is 5.32 Å². The van der Waals surface area contributed by atoms with E-state index in [1.54, 1.807) is 17.3 Å². The summed E-state index contributed by atoms with van der Waals surface area (Å²) in [7, 11) is 0. The second kappa shape index (κ2) is 5.90. The Morgan fingerprint density at radius 2 is 2.30 bits per heavy atom. The Labute approximate surface area is 125 Å². The molecule has 3 aromatic rings. The van der Waals surface area contributed by atoms with Crippen LogP contribution in [0.3, 0.4) is 0 Å². The largest absolute Gasteiger partial charge is 0.309 e. The van der Waals surface area contributed by atoms with E-state index in [1.807, 2.05) is 24.4 Å². The lowest BCUT2D eigenvalue weighted by molar-refractivity contribution is 0.574. The van der Waals surface area contributed by atoms with Crippen molar-refractivity contribution in [3.8, 4) is 0 Å². The van der Waals surface area contributed by atoms with E-state index in [-0.39, 0.29) is 0 Å². The van der Waals surface area contributed by atoms with Gasteiger partial charge in [-0.3, -0.25) is 0 Å². The van der Waals surface area contributed by atoms with E-state index in [1.165, 1.54) is 11.3 Å². The van der Waals surface area contributed by atoms with Crippen molar-refractivity contribution in [1.29, 1.82) is 0 Å². The molecule has 0 saturated carbocycles. The minimum Gasteiger partial charge on any atom is -0.309 e. The zero-order valence-electron chi connectivity index (χ0n) is 11.3. The van der Waals surface area contributed by atoms with Crippen molar-refractivity contribution in [1.82, 2.24) is 24.9 Å². The summed E-state index contributed by atoms with van der Waals surface area (Å²) < 4.78 is 3.04. The first-order chi connectivity index (χ1) is 9.74. The summed E-state index contributed by atoms with van der Waals surface area (Å²) in [6.45, 7) is 5.06. The average Bonchev–Trinajstić information content (AvgIpc) is 3.04. The molecule has 0 aliphatic carbocycles. The molecule has 20 heavy (non-hydrogen) atoms. The molecule has 0 spiro atoms. The predicted octanol–water partition coefficient (Wildman–Crippen LogP) is 2.84. The van der Waals surface area contributed by atoms with Gasteiger partial charge in [0.1, 0.15) is 16.2 Å². The Hall–Kier alpha value is -1.44. The molecule has 0 fully saturated rings. The van der Waals surface area contributed by atoms with Crippen LogP contribution in [0, 0.1) is 0 Å². The fraction of sp³-hybridized carbons (Fsp3) is 0.308. The van der Waals surface area contributed by atoms with Gasteiger partial charge in [-0.05, 0) is 23.9 Å². The Morgan fingerprint density at radius 1 is 1.40 bits per heavy atom. The molecule has 0 unspecified atom stereocenters. The van der Waals surface area contributed by atoms with Crippen LogP contribution in [0.2, 0.25) is 0 Å². The molecule has 1 N–H and O–H groups in total. The maximum Gasteiger partial charge on any atom is 0.180 e. The number of hydrogen-bond donors (Lipinski definition) is 1. The summed E-state index contributed by atoms with van der Waals surface area (Å²) in [5.74, 6) is 0. The molecule has 5 nitrogen and oxygen atoms in total. The molecule has 0 saturated heterocycles. The highest BCUT2D eigenvalue weighted by atomic mass is 32.2. The number of hydrogen-bond acceptors (Lipinski definition) is 6. The lowest BCUT2D eigenvalue weighted by atomic mass is 10.3. The highest BCUT2D eigenvalue weighted by molar-refractivity contribution is 8.01. The first-order valence-electron chi connectivity index (χ1n) is 6.37. The summed E-state index contributed by atoms with van der Waals surface area (Å²) in [5.41, 5.74) is 3.86. The van der Waals surface area contributed by atoms with Crippen molar-refractivity contribution in [3.63, 3.8) is 0 Å². The molecule has 0 aliphatic heterocycles. The number of aromatic nitrogens is 4. The first-order valence-corrected chi connectivity index (χ1v) is 8.07. The Kier molecular flexibility index (Phi) is 4.00. The maximum absolute atomic E-state index is 4.69. The molecule has 0 radical (unpaired) electrons.